The summed E-state index contributed by atoms with van der Waals surface area (Å²) in [6.45, 7) is -0.186. The summed E-state index contributed by atoms with van der Waals surface area (Å²) in [5, 5.41) is 16.2. The number of amides is 1. The third-order valence-electron chi connectivity index (χ3n) is 5.56. The minimum Gasteiger partial charge on any atom is -0.489 e. The zero-order chi connectivity index (χ0) is 27.1. The smallest absolute Gasteiger partial charge is 0.269 e. The Kier molecular flexibility index (Phi) is 7.97. The number of hydrogen-bond donors (Lipinski definition) is 1. The summed E-state index contributed by atoms with van der Waals surface area (Å²) in [4.78, 5) is 22.8. The number of nitro groups is 1. The Morgan fingerprint density at radius 2 is 1.68 bits per heavy atom. The molecular formula is C27H24N4O6S. The number of benzene rings is 4. The van der Waals surface area contributed by atoms with Gasteiger partial charge in [-0.05, 0) is 59.0 Å². The van der Waals surface area contributed by atoms with Gasteiger partial charge in [-0.3, -0.25) is 19.2 Å². The summed E-state index contributed by atoms with van der Waals surface area (Å²) in [6, 6.07) is 25.6. The van der Waals surface area contributed by atoms with Crippen LogP contribution >= 0.6 is 0 Å². The number of nitro benzene ring substituents is 1. The lowest BCUT2D eigenvalue weighted by molar-refractivity contribution is -0.384. The number of anilines is 1. The van der Waals surface area contributed by atoms with Crippen molar-refractivity contribution < 1.29 is 22.9 Å². The summed E-state index contributed by atoms with van der Waals surface area (Å²) in [5.41, 5.74) is 4.27. The molecule has 0 saturated heterocycles. The monoisotopic (exact) mass is 532 g/mol. The SMILES string of the molecule is CS(=O)(=O)N(CC(=O)N/N=C\c1ccc(OCc2ccc([N+](=O)[O-])cc2)cc1)c1cccc2ccccc12. The number of carbonyl (C=O) groups is 1. The van der Waals surface area contributed by atoms with Crippen molar-refractivity contribution in [1.29, 1.82) is 0 Å². The molecule has 0 saturated carbocycles. The molecule has 4 aromatic carbocycles. The first kappa shape index (κ1) is 26.3. The van der Waals surface area contributed by atoms with Crippen molar-refractivity contribution in [3.05, 3.63) is 112 Å². The zero-order valence-corrected chi connectivity index (χ0v) is 21.2. The molecule has 4 aromatic rings. The number of hydrogen-bond acceptors (Lipinski definition) is 7. The highest BCUT2D eigenvalue weighted by molar-refractivity contribution is 7.92. The minimum absolute atomic E-state index is 0.0158. The average molecular weight is 533 g/mol. The molecule has 0 radical (unpaired) electrons. The van der Waals surface area contributed by atoms with Crippen LogP contribution in [0.1, 0.15) is 11.1 Å². The number of hydrazone groups is 1. The highest BCUT2D eigenvalue weighted by Crippen LogP contribution is 2.28. The Labute approximate surface area is 219 Å². The molecule has 0 aliphatic carbocycles. The molecule has 0 spiro atoms. The van der Waals surface area contributed by atoms with E-state index >= 15 is 0 Å². The number of fused-ring (bicyclic) bond motifs is 1. The fourth-order valence-electron chi connectivity index (χ4n) is 3.68. The van der Waals surface area contributed by atoms with Gasteiger partial charge in [0.15, 0.2) is 0 Å². The Morgan fingerprint density at radius 1 is 1.00 bits per heavy atom. The van der Waals surface area contributed by atoms with E-state index in [-0.39, 0.29) is 12.3 Å². The average Bonchev–Trinajstić information content (AvgIpc) is 2.90. The number of rotatable bonds is 10. The van der Waals surface area contributed by atoms with Crippen LogP contribution in [0.3, 0.4) is 0 Å². The summed E-state index contributed by atoms with van der Waals surface area (Å²) < 4.78 is 31.7. The predicted molar refractivity (Wildman–Crippen MR) is 146 cm³/mol. The van der Waals surface area contributed by atoms with Gasteiger partial charge >= 0.3 is 0 Å². The van der Waals surface area contributed by atoms with Gasteiger partial charge in [-0.2, -0.15) is 5.10 Å². The van der Waals surface area contributed by atoms with Crippen LogP contribution < -0.4 is 14.5 Å². The fourth-order valence-corrected chi connectivity index (χ4v) is 4.55. The van der Waals surface area contributed by atoms with Gasteiger partial charge in [0.2, 0.25) is 10.0 Å². The van der Waals surface area contributed by atoms with Gasteiger partial charge in [-0.1, -0.05) is 36.4 Å². The standard InChI is InChI=1S/C27H24N4O6S/c1-38(35,36)30(26-8-4-6-22-5-2-3-7-25(22)26)18-27(32)29-28-17-20-11-15-24(16-12-20)37-19-21-9-13-23(14-10-21)31(33)34/h2-17H,18-19H2,1H3,(H,29,32)/b28-17-. The molecule has 0 aliphatic rings. The molecule has 194 valence electrons. The molecular weight excluding hydrogens is 508 g/mol. The topological polar surface area (TPSA) is 131 Å². The predicted octanol–water partition coefficient (Wildman–Crippen LogP) is 4.24. The third kappa shape index (κ3) is 6.71. The van der Waals surface area contributed by atoms with Crippen LogP contribution in [0.25, 0.3) is 10.8 Å². The molecule has 0 aliphatic heterocycles. The molecule has 4 rings (SSSR count). The first-order valence-corrected chi connectivity index (χ1v) is 13.3. The lowest BCUT2D eigenvalue weighted by Crippen LogP contribution is -2.39. The van der Waals surface area contributed by atoms with Crippen molar-refractivity contribution in [2.24, 2.45) is 5.10 Å². The van der Waals surface area contributed by atoms with E-state index < -0.39 is 27.4 Å². The molecule has 0 atom stereocenters. The number of nitrogens with one attached hydrogen (secondary N) is 1. The van der Waals surface area contributed by atoms with Crippen LogP contribution in [0.4, 0.5) is 11.4 Å². The van der Waals surface area contributed by atoms with Crippen molar-refractivity contribution in [3.63, 3.8) is 0 Å². The van der Waals surface area contributed by atoms with Crippen molar-refractivity contribution >= 4 is 44.3 Å². The molecule has 0 fully saturated rings. The van der Waals surface area contributed by atoms with Gasteiger partial charge in [-0.25, -0.2) is 13.8 Å². The molecule has 0 bridgehead atoms. The maximum Gasteiger partial charge on any atom is 0.269 e. The number of ether oxygens (including phenoxy) is 1. The fraction of sp³-hybridized carbons (Fsp3) is 0.111. The van der Waals surface area contributed by atoms with Gasteiger partial charge < -0.3 is 4.74 Å². The molecule has 1 amide bonds. The van der Waals surface area contributed by atoms with Crippen LogP contribution in [0.2, 0.25) is 0 Å². The van der Waals surface area contributed by atoms with Gasteiger partial charge in [0.25, 0.3) is 11.6 Å². The van der Waals surface area contributed by atoms with Crippen LogP contribution in [-0.4, -0.2) is 38.3 Å². The number of non-ortho nitro benzene ring substituents is 1. The highest BCUT2D eigenvalue weighted by Gasteiger charge is 2.22. The maximum atomic E-state index is 12.5. The molecule has 38 heavy (non-hydrogen) atoms. The van der Waals surface area contributed by atoms with Gasteiger partial charge in [0, 0.05) is 17.5 Å². The normalized spacial score (nSPS) is 11.4. The Bertz CT molecular complexity index is 1580. The molecule has 0 heterocycles. The Hall–Kier alpha value is -4.77. The van der Waals surface area contributed by atoms with E-state index in [1.54, 1.807) is 54.6 Å². The summed E-state index contributed by atoms with van der Waals surface area (Å²) in [5.74, 6) is -0.00826. The van der Waals surface area contributed by atoms with Crippen molar-refractivity contribution in [2.45, 2.75) is 6.61 Å². The lowest BCUT2D eigenvalue weighted by Gasteiger charge is -2.23. The summed E-state index contributed by atoms with van der Waals surface area (Å²) >= 11 is 0. The van der Waals surface area contributed by atoms with E-state index in [1.807, 2.05) is 24.3 Å². The number of carbonyl (C=O) groups excluding carboxylic acids is 1. The maximum absolute atomic E-state index is 12.5. The lowest BCUT2D eigenvalue weighted by atomic mass is 10.1. The van der Waals surface area contributed by atoms with E-state index in [0.717, 1.165) is 21.5 Å². The van der Waals surface area contributed by atoms with Gasteiger partial charge in [0.1, 0.15) is 18.9 Å². The molecule has 10 nitrogen and oxygen atoms in total. The first-order chi connectivity index (χ1) is 18.2. The number of nitrogens with zero attached hydrogens (tertiary/aromatic N) is 3. The van der Waals surface area contributed by atoms with Crippen molar-refractivity contribution in [3.8, 4) is 5.75 Å². The molecule has 0 aromatic heterocycles. The van der Waals surface area contributed by atoms with Crippen LogP contribution in [0, 0.1) is 10.1 Å². The Balaban J connectivity index is 1.34. The largest absolute Gasteiger partial charge is 0.489 e. The Morgan fingerprint density at radius 3 is 2.37 bits per heavy atom. The molecule has 11 heteroatoms. The van der Waals surface area contributed by atoms with E-state index in [0.29, 0.717) is 22.4 Å². The highest BCUT2D eigenvalue weighted by atomic mass is 32.2. The van der Waals surface area contributed by atoms with E-state index in [1.165, 1.54) is 18.3 Å². The van der Waals surface area contributed by atoms with Crippen LogP contribution in [-0.2, 0) is 21.4 Å². The zero-order valence-electron chi connectivity index (χ0n) is 20.4. The second kappa shape index (κ2) is 11.5. The van der Waals surface area contributed by atoms with Crippen molar-refractivity contribution in [2.75, 3.05) is 17.1 Å². The van der Waals surface area contributed by atoms with E-state index in [4.69, 9.17) is 4.74 Å². The van der Waals surface area contributed by atoms with Crippen molar-refractivity contribution in [1.82, 2.24) is 5.43 Å². The quantitative estimate of drug-likeness (QED) is 0.185. The van der Waals surface area contributed by atoms with E-state index in [9.17, 15) is 23.3 Å². The third-order valence-corrected chi connectivity index (χ3v) is 6.68. The second-order valence-corrected chi connectivity index (χ2v) is 10.2. The molecule has 1 N–H and O–H groups in total. The van der Waals surface area contributed by atoms with Gasteiger partial charge in [-0.15, -0.1) is 0 Å². The molecule has 0 unspecified atom stereocenters. The van der Waals surface area contributed by atoms with Crippen LogP contribution in [0.5, 0.6) is 5.75 Å². The summed E-state index contributed by atoms with van der Waals surface area (Å²) in [7, 11) is -3.74. The second-order valence-electron chi connectivity index (χ2n) is 8.34. The van der Waals surface area contributed by atoms with Gasteiger partial charge in [0.05, 0.1) is 23.1 Å². The minimum atomic E-state index is -3.74. The van der Waals surface area contributed by atoms with E-state index in [2.05, 4.69) is 10.5 Å². The first-order valence-electron chi connectivity index (χ1n) is 11.4. The number of sulfonamides is 1. The summed E-state index contributed by atoms with van der Waals surface area (Å²) in [6.07, 6.45) is 2.48. The van der Waals surface area contributed by atoms with Crippen LogP contribution in [0.15, 0.2) is 96.1 Å².